The molecule has 13 heavy (non-hydrogen) atoms. The van der Waals surface area contributed by atoms with Crippen LogP contribution in [0.1, 0.15) is 20.8 Å². The Morgan fingerprint density at radius 2 is 2.15 bits per heavy atom. The average Bonchev–Trinajstić information content (AvgIpc) is 2.10. The fraction of sp³-hybridized carbons (Fsp3) is 0.889. The van der Waals surface area contributed by atoms with Crippen molar-refractivity contribution in [2.24, 2.45) is 0 Å². The molecule has 0 aliphatic carbocycles. The van der Waals surface area contributed by atoms with Crippen LogP contribution in [0.15, 0.2) is 0 Å². The topological polar surface area (TPSA) is 41.6 Å². The first-order valence-electron chi connectivity index (χ1n) is 4.68. The third kappa shape index (κ3) is 6.40. The zero-order chi connectivity index (χ0) is 10.3. The maximum absolute atomic E-state index is 11.2. The summed E-state index contributed by atoms with van der Waals surface area (Å²) in [7, 11) is 1.76. The van der Waals surface area contributed by atoms with Gasteiger partial charge in [-0.2, -0.15) is 0 Å². The highest BCUT2D eigenvalue weighted by atomic mass is 16.5. The SMILES string of the molecule is CCN(C)C(=O)NCCOC(C)C. The van der Waals surface area contributed by atoms with Crippen LogP contribution in [-0.4, -0.2) is 43.8 Å². The molecule has 0 saturated heterocycles. The summed E-state index contributed by atoms with van der Waals surface area (Å²) in [6.45, 7) is 7.74. The van der Waals surface area contributed by atoms with Crippen LogP contribution >= 0.6 is 0 Å². The number of ether oxygens (including phenoxy) is 1. The quantitative estimate of drug-likeness (QED) is 0.656. The van der Waals surface area contributed by atoms with Crippen molar-refractivity contribution < 1.29 is 9.53 Å². The third-order valence-electron chi connectivity index (χ3n) is 1.65. The second-order valence-electron chi connectivity index (χ2n) is 3.17. The summed E-state index contributed by atoms with van der Waals surface area (Å²) < 4.78 is 5.27. The van der Waals surface area contributed by atoms with E-state index in [1.807, 2.05) is 20.8 Å². The molecule has 1 N–H and O–H groups in total. The van der Waals surface area contributed by atoms with Crippen LogP contribution in [0.3, 0.4) is 0 Å². The van der Waals surface area contributed by atoms with Crippen molar-refractivity contribution >= 4 is 6.03 Å². The normalized spacial score (nSPS) is 10.2. The number of hydrogen-bond donors (Lipinski definition) is 1. The van der Waals surface area contributed by atoms with Gasteiger partial charge in [-0.05, 0) is 20.8 Å². The summed E-state index contributed by atoms with van der Waals surface area (Å²) in [5.74, 6) is 0. The molecule has 0 aliphatic heterocycles. The van der Waals surface area contributed by atoms with Gasteiger partial charge < -0.3 is 15.0 Å². The molecule has 2 amide bonds. The highest BCUT2D eigenvalue weighted by Gasteiger charge is 2.03. The Balaban J connectivity index is 3.37. The number of urea groups is 1. The van der Waals surface area contributed by atoms with E-state index < -0.39 is 0 Å². The van der Waals surface area contributed by atoms with Crippen molar-refractivity contribution in [3.63, 3.8) is 0 Å². The van der Waals surface area contributed by atoms with Gasteiger partial charge in [0.25, 0.3) is 0 Å². The van der Waals surface area contributed by atoms with E-state index in [1.165, 1.54) is 0 Å². The van der Waals surface area contributed by atoms with Crippen LogP contribution in [0.4, 0.5) is 4.79 Å². The van der Waals surface area contributed by atoms with Crippen LogP contribution in [0, 0.1) is 0 Å². The molecule has 0 saturated carbocycles. The maximum atomic E-state index is 11.2. The highest BCUT2D eigenvalue weighted by Crippen LogP contribution is 1.86. The predicted molar refractivity (Wildman–Crippen MR) is 52.8 cm³/mol. The highest BCUT2D eigenvalue weighted by molar-refractivity contribution is 5.73. The summed E-state index contributed by atoms with van der Waals surface area (Å²) in [6, 6.07) is -0.0464. The number of nitrogens with one attached hydrogen (secondary N) is 1. The molecule has 0 atom stereocenters. The van der Waals surface area contributed by atoms with Crippen molar-refractivity contribution in [1.82, 2.24) is 10.2 Å². The molecule has 0 bridgehead atoms. The lowest BCUT2D eigenvalue weighted by Crippen LogP contribution is -2.38. The lowest BCUT2D eigenvalue weighted by molar-refractivity contribution is 0.0810. The minimum atomic E-state index is -0.0464. The molecule has 4 nitrogen and oxygen atoms in total. The molecule has 0 spiro atoms. The number of carbonyl (C=O) groups excluding carboxylic acids is 1. The van der Waals surface area contributed by atoms with E-state index in [4.69, 9.17) is 4.74 Å². The molecule has 0 aliphatic rings. The zero-order valence-electron chi connectivity index (χ0n) is 8.96. The van der Waals surface area contributed by atoms with Gasteiger partial charge in [0.1, 0.15) is 0 Å². The second kappa shape index (κ2) is 6.71. The minimum Gasteiger partial charge on any atom is -0.377 e. The van der Waals surface area contributed by atoms with Crippen molar-refractivity contribution in [3.05, 3.63) is 0 Å². The van der Waals surface area contributed by atoms with Crippen molar-refractivity contribution in [2.75, 3.05) is 26.7 Å². The molecular weight excluding hydrogens is 168 g/mol. The van der Waals surface area contributed by atoms with Gasteiger partial charge in [-0.1, -0.05) is 0 Å². The maximum Gasteiger partial charge on any atom is 0.317 e. The summed E-state index contributed by atoms with van der Waals surface area (Å²) in [6.07, 6.45) is 0.223. The molecule has 0 heterocycles. The number of amides is 2. The molecule has 0 aromatic carbocycles. The lowest BCUT2D eigenvalue weighted by Gasteiger charge is -2.15. The van der Waals surface area contributed by atoms with E-state index in [2.05, 4.69) is 5.32 Å². The third-order valence-corrected chi connectivity index (χ3v) is 1.65. The van der Waals surface area contributed by atoms with E-state index in [1.54, 1.807) is 11.9 Å². The Kier molecular flexibility index (Phi) is 6.32. The van der Waals surface area contributed by atoms with E-state index in [0.717, 1.165) is 6.54 Å². The van der Waals surface area contributed by atoms with Crippen LogP contribution in [-0.2, 0) is 4.74 Å². The van der Waals surface area contributed by atoms with Gasteiger partial charge in [-0.3, -0.25) is 0 Å². The Morgan fingerprint density at radius 3 is 2.62 bits per heavy atom. The number of hydrogen-bond acceptors (Lipinski definition) is 2. The Morgan fingerprint density at radius 1 is 1.54 bits per heavy atom. The lowest BCUT2D eigenvalue weighted by atomic mass is 10.5. The molecule has 0 fully saturated rings. The summed E-state index contributed by atoms with van der Waals surface area (Å²) >= 11 is 0. The Hall–Kier alpha value is -0.770. The number of nitrogens with zero attached hydrogens (tertiary/aromatic N) is 1. The van der Waals surface area contributed by atoms with E-state index >= 15 is 0 Å². The van der Waals surface area contributed by atoms with Crippen molar-refractivity contribution in [2.45, 2.75) is 26.9 Å². The summed E-state index contributed by atoms with van der Waals surface area (Å²) in [4.78, 5) is 12.8. The number of carbonyl (C=O) groups is 1. The fourth-order valence-electron chi connectivity index (χ4n) is 0.731. The monoisotopic (exact) mass is 188 g/mol. The zero-order valence-corrected chi connectivity index (χ0v) is 8.96. The van der Waals surface area contributed by atoms with Crippen LogP contribution in [0.5, 0.6) is 0 Å². The largest absolute Gasteiger partial charge is 0.377 e. The van der Waals surface area contributed by atoms with E-state index in [-0.39, 0.29) is 12.1 Å². The minimum absolute atomic E-state index is 0.0464. The average molecular weight is 188 g/mol. The molecular formula is C9H20N2O2. The predicted octanol–water partition coefficient (Wildman–Crippen LogP) is 1.07. The Labute approximate surface area is 80.2 Å². The van der Waals surface area contributed by atoms with Gasteiger partial charge in [-0.25, -0.2) is 4.79 Å². The fourth-order valence-corrected chi connectivity index (χ4v) is 0.731. The first kappa shape index (κ1) is 12.2. The second-order valence-corrected chi connectivity index (χ2v) is 3.17. The molecule has 0 radical (unpaired) electrons. The first-order chi connectivity index (χ1) is 6.07. The van der Waals surface area contributed by atoms with Gasteiger partial charge in [0.15, 0.2) is 0 Å². The first-order valence-corrected chi connectivity index (χ1v) is 4.68. The molecule has 0 aromatic rings. The van der Waals surface area contributed by atoms with Crippen LogP contribution < -0.4 is 5.32 Å². The molecule has 0 rings (SSSR count). The molecule has 0 aromatic heterocycles. The van der Waals surface area contributed by atoms with Gasteiger partial charge in [0, 0.05) is 20.1 Å². The smallest absolute Gasteiger partial charge is 0.317 e. The summed E-state index contributed by atoms with van der Waals surface area (Å²) in [5.41, 5.74) is 0. The summed E-state index contributed by atoms with van der Waals surface area (Å²) in [5, 5.41) is 2.75. The van der Waals surface area contributed by atoms with Gasteiger partial charge in [-0.15, -0.1) is 0 Å². The van der Waals surface area contributed by atoms with E-state index in [0.29, 0.717) is 13.2 Å². The van der Waals surface area contributed by atoms with Gasteiger partial charge >= 0.3 is 6.03 Å². The van der Waals surface area contributed by atoms with Gasteiger partial charge in [0.05, 0.1) is 12.7 Å². The van der Waals surface area contributed by atoms with Crippen LogP contribution in [0.2, 0.25) is 0 Å². The van der Waals surface area contributed by atoms with Crippen molar-refractivity contribution in [3.8, 4) is 0 Å². The molecule has 4 heteroatoms. The van der Waals surface area contributed by atoms with Gasteiger partial charge in [0.2, 0.25) is 0 Å². The van der Waals surface area contributed by atoms with E-state index in [9.17, 15) is 4.79 Å². The van der Waals surface area contributed by atoms with Crippen LogP contribution in [0.25, 0.3) is 0 Å². The standard InChI is InChI=1S/C9H20N2O2/c1-5-11(4)9(12)10-6-7-13-8(2)3/h8H,5-7H2,1-4H3,(H,10,12). The van der Waals surface area contributed by atoms with Crippen molar-refractivity contribution in [1.29, 1.82) is 0 Å². The Bertz CT molecular complexity index is 149. The number of rotatable bonds is 5. The molecule has 0 unspecified atom stereocenters. The molecule has 78 valence electrons.